The first-order valence-corrected chi connectivity index (χ1v) is 7.93. The molecule has 21 heavy (non-hydrogen) atoms. The van der Waals surface area contributed by atoms with E-state index < -0.39 is 11.5 Å². The summed E-state index contributed by atoms with van der Waals surface area (Å²) < 4.78 is 0.991. The molecule has 0 heterocycles. The van der Waals surface area contributed by atoms with Crippen molar-refractivity contribution in [1.82, 2.24) is 5.32 Å². The summed E-state index contributed by atoms with van der Waals surface area (Å²) in [6, 6.07) is 7.80. The number of aliphatic carboxylic acids is 1. The van der Waals surface area contributed by atoms with Crippen LogP contribution in [0.2, 0.25) is 0 Å². The van der Waals surface area contributed by atoms with Crippen molar-refractivity contribution in [3.05, 3.63) is 34.3 Å². The molecule has 0 radical (unpaired) electrons. The molecule has 4 nitrogen and oxygen atoms in total. The molecule has 1 aromatic rings. The van der Waals surface area contributed by atoms with Crippen LogP contribution in [0.1, 0.15) is 51.5 Å². The third-order valence-corrected chi connectivity index (χ3v) is 4.45. The highest BCUT2D eigenvalue weighted by Gasteiger charge is 2.36. The third-order valence-electron chi connectivity index (χ3n) is 3.93. The topological polar surface area (TPSA) is 66.4 Å². The molecular weight excluding hydrogens is 334 g/mol. The molecule has 116 valence electrons. The van der Waals surface area contributed by atoms with E-state index in [9.17, 15) is 14.7 Å². The average molecular weight is 356 g/mol. The van der Waals surface area contributed by atoms with E-state index in [2.05, 4.69) is 21.2 Å². The van der Waals surface area contributed by atoms with Crippen LogP contribution in [0, 0.1) is 0 Å². The Hall–Kier alpha value is -1.36. The van der Waals surface area contributed by atoms with Gasteiger partial charge < -0.3 is 10.4 Å². The van der Waals surface area contributed by atoms with Gasteiger partial charge in [0.1, 0.15) is 5.54 Å². The van der Waals surface area contributed by atoms with Crippen molar-refractivity contribution in [3.63, 3.8) is 0 Å². The number of rotatable bonds is 7. The lowest BCUT2D eigenvalue weighted by Gasteiger charge is -2.28. The molecule has 5 heteroatoms. The summed E-state index contributed by atoms with van der Waals surface area (Å²) in [5, 5.41) is 12.0. The van der Waals surface area contributed by atoms with E-state index in [1.807, 2.05) is 31.2 Å². The number of hydrogen-bond acceptors (Lipinski definition) is 2. The first-order valence-electron chi connectivity index (χ1n) is 7.14. The molecule has 1 rings (SSSR count). The van der Waals surface area contributed by atoms with Gasteiger partial charge in [-0.2, -0.15) is 0 Å². The number of carbonyl (C=O) groups is 2. The molecule has 0 aromatic heterocycles. The fraction of sp³-hybridized carbons (Fsp3) is 0.500. The van der Waals surface area contributed by atoms with Crippen LogP contribution in [0.4, 0.5) is 0 Å². The lowest BCUT2D eigenvalue weighted by atomic mass is 9.91. The summed E-state index contributed by atoms with van der Waals surface area (Å²) in [6.45, 7) is 5.51. The van der Waals surface area contributed by atoms with Gasteiger partial charge in [-0.05, 0) is 36.5 Å². The van der Waals surface area contributed by atoms with E-state index >= 15 is 0 Å². The fourth-order valence-electron chi connectivity index (χ4n) is 2.29. The quantitative estimate of drug-likeness (QED) is 0.783. The zero-order valence-corrected chi connectivity index (χ0v) is 14.2. The van der Waals surface area contributed by atoms with Crippen molar-refractivity contribution < 1.29 is 14.7 Å². The number of halogens is 1. The van der Waals surface area contributed by atoms with E-state index in [1.165, 1.54) is 0 Å². The minimum absolute atomic E-state index is 0.0401. The van der Waals surface area contributed by atoms with E-state index in [0.717, 1.165) is 10.0 Å². The number of hydrogen-bond donors (Lipinski definition) is 2. The fourth-order valence-corrected chi connectivity index (χ4v) is 2.55. The van der Waals surface area contributed by atoms with Crippen LogP contribution in [0.3, 0.4) is 0 Å². The van der Waals surface area contributed by atoms with Gasteiger partial charge in [-0.25, -0.2) is 4.79 Å². The lowest BCUT2D eigenvalue weighted by molar-refractivity contribution is -0.148. The molecule has 1 amide bonds. The van der Waals surface area contributed by atoms with Gasteiger partial charge in [-0.15, -0.1) is 0 Å². The van der Waals surface area contributed by atoms with Gasteiger partial charge in [0.25, 0.3) is 0 Å². The highest BCUT2D eigenvalue weighted by atomic mass is 79.9. The molecule has 0 aliphatic rings. The van der Waals surface area contributed by atoms with Gasteiger partial charge in [0.2, 0.25) is 5.91 Å². The first kappa shape index (κ1) is 17.7. The summed E-state index contributed by atoms with van der Waals surface area (Å²) in [4.78, 5) is 23.5. The zero-order valence-electron chi connectivity index (χ0n) is 12.6. The predicted octanol–water partition coefficient (Wildman–Crippen LogP) is 3.70. The van der Waals surface area contributed by atoms with Crippen LogP contribution >= 0.6 is 15.9 Å². The molecule has 0 saturated heterocycles. The maximum Gasteiger partial charge on any atom is 0.329 e. The molecule has 1 unspecified atom stereocenters. The number of carbonyl (C=O) groups excluding carboxylic acids is 1. The van der Waals surface area contributed by atoms with Crippen molar-refractivity contribution in [2.45, 2.75) is 51.5 Å². The molecule has 0 bridgehead atoms. The van der Waals surface area contributed by atoms with Crippen molar-refractivity contribution in [2.24, 2.45) is 0 Å². The van der Waals surface area contributed by atoms with Crippen molar-refractivity contribution in [1.29, 1.82) is 0 Å². The Kier molecular flexibility index (Phi) is 6.40. The van der Waals surface area contributed by atoms with Crippen LogP contribution in [0.5, 0.6) is 0 Å². The molecule has 0 aliphatic heterocycles. The van der Waals surface area contributed by atoms with Crippen LogP contribution in [0.15, 0.2) is 28.7 Å². The summed E-state index contributed by atoms with van der Waals surface area (Å²) >= 11 is 3.38. The number of carboxylic acids is 1. The SMILES string of the molecule is CCC(CC)(NC(=O)CC(C)c1ccc(Br)cc1)C(=O)O. The molecule has 0 fully saturated rings. The molecule has 2 N–H and O–H groups in total. The van der Waals surface area contributed by atoms with E-state index in [1.54, 1.807) is 13.8 Å². The van der Waals surface area contributed by atoms with E-state index in [4.69, 9.17) is 0 Å². The molecular formula is C16H22BrNO3. The van der Waals surface area contributed by atoms with Crippen LogP contribution in [-0.2, 0) is 9.59 Å². The van der Waals surface area contributed by atoms with Crippen molar-refractivity contribution in [2.75, 3.05) is 0 Å². The second kappa shape index (κ2) is 7.59. The maximum absolute atomic E-state index is 12.1. The third kappa shape index (κ3) is 4.56. The Bertz CT molecular complexity index is 495. The van der Waals surface area contributed by atoms with Crippen molar-refractivity contribution in [3.8, 4) is 0 Å². The highest BCUT2D eigenvalue weighted by Crippen LogP contribution is 2.22. The molecule has 1 aromatic carbocycles. The number of nitrogens with one attached hydrogen (secondary N) is 1. The van der Waals surface area contributed by atoms with Gasteiger partial charge >= 0.3 is 5.97 Å². The second-order valence-corrected chi connectivity index (χ2v) is 6.21. The number of carboxylic acid groups (broad SMARTS) is 1. The predicted molar refractivity (Wildman–Crippen MR) is 86.3 cm³/mol. The molecule has 0 saturated carbocycles. The Morgan fingerprint density at radius 3 is 2.19 bits per heavy atom. The molecule has 1 atom stereocenters. The van der Waals surface area contributed by atoms with E-state index in [-0.39, 0.29) is 18.2 Å². The smallest absolute Gasteiger partial charge is 0.329 e. The average Bonchev–Trinajstić information content (AvgIpc) is 2.45. The van der Waals surface area contributed by atoms with Crippen molar-refractivity contribution >= 4 is 27.8 Å². The summed E-state index contributed by atoms with van der Waals surface area (Å²) in [5.74, 6) is -1.16. The number of benzene rings is 1. The largest absolute Gasteiger partial charge is 0.480 e. The van der Waals surface area contributed by atoms with Gasteiger partial charge in [0, 0.05) is 10.9 Å². The van der Waals surface area contributed by atoms with Crippen LogP contribution in [-0.4, -0.2) is 22.5 Å². The number of amides is 1. The van der Waals surface area contributed by atoms with Crippen LogP contribution < -0.4 is 5.32 Å². The second-order valence-electron chi connectivity index (χ2n) is 5.30. The minimum atomic E-state index is -1.16. The summed E-state index contributed by atoms with van der Waals surface area (Å²) in [6.07, 6.45) is 1.02. The Balaban J connectivity index is 2.72. The monoisotopic (exact) mass is 355 g/mol. The first-order chi connectivity index (χ1) is 9.84. The van der Waals surface area contributed by atoms with Gasteiger partial charge in [-0.1, -0.05) is 48.8 Å². The minimum Gasteiger partial charge on any atom is -0.480 e. The Morgan fingerprint density at radius 2 is 1.76 bits per heavy atom. The standard InChI is InChI=1S/C16H22BrNO3/c1-4-16(5-2,15(20)21)18-14(19)10-11(3)12-6-8-13(17)9-7-12/h6-9,11H,4-5,10H2,1-3H3,(H,18,19)(H,20,21). The van der Waals surface area contributed by atoms with Crippen LogP contribution in [0.25, 0.3) is 0 Å². The van der Waals surface area contributed by atoms with Gasteiger partial charge in [0.05, 0.1) is 0 Å². The Morgan fingerprint density at radius 1 is 1.24 bits per heavy atom. The summed E-state index contributed by atoms with van der Waals surface area (Å²) in [7, 11) is 0. The molecule has 0 aliphatic carbocycles. The lowest BCUT2D eigenvalue weighted by Crippen LogP contribution is -2.53. The normalized spacial score (nSPS) is 12.8. The van der Waals surface area contributed by atoms with Gasteiger partial charge in [0.15, 0.2) is 0 Å². The maximum atomic E-state index is 12.1. The molecule has 0 spiro atoms. The summed E-state index contributed by atoms with van der Waals surface area (Å²) in [5.41, 5.74) is -0.0986. The Labute approximate surface area is 134 Å². The zero-order chi connectivity index (χ0) is 16.0. The van der Waals surface area contributed by atoms with Gasteiger partial charge in [-0.3, -0.25) is 4.79 Å². The van der Waals surface area contributed by atoms with E-state index in [0.29, 0.717) is 12.8 Å². The highest BCUT2D eigenvalue weighted by molar-refractivity contribution is 9.10.